The zero-order chi connectivity index (χ0) is 15.2. The molecule has 0 aromatic carbocycles. The third-order valence-electron chi connectivity index (χ3n) is 3.97. The lowest BCUT2D eigenvalue weighted by Crippen LogP contribution is -2.40. The van der Waals surface area contributed by atoms with Gasteiger partial charge in [-0.25, -0.2) is 0 Å². The van der Waals surface area contributed by atoms with Crippen molar-refractivity contribution in [2.24, 2.45) is 0 Å². The Morgan fingerprint density at radius 3 is 2.60 bits per heavy atom. The van der Waals surface area contributed by atoms with Gasteiger partial charge in [0.25, 0.3) is 0 Å². The highest BCUT2D eigenvalue weighted by atomic mass is 28.4. The average molecular weight is 294 g/mol. The normalized spacial score (nSPS) is 13.6. The van der Waals surface area contributed by atoms with Gasteiger partial charge in [0.15, 0.2) is 8.32 Å². The zero-order valence-electron chi connectivity index (χ0n) is 13.2. The molecule has 0 spiro atoms. The van der Waals surface area contributed by atoms with E-state index in [2.05, 4.69) is 33.9 Å². The Morgan fingerprint density at radius 1 is 1.40 bits per heavy atom. The summed E-state index contributed by atoms with van der Waals surface area (Å²) >= 11 is 0. The van der Waals surface area contributed by atoms with E-state index in [9.17, 15) is 4.79 Å². The molecule has 3 nitrogen and oxygen atoms in total. The number of allylic oxidation sites excluding steroid dienone is 2. The van der Waals surface area contributed by atoms with Crippen molar-refractivity contribution in [3.63, 3.8) is 0 Å². The van der Waals surface area contributed by atoms with E-state index in [1.807, 2.05) is 12.1 Å². The van der Waals surface area contributed by atoms with Crippen molar-refractivity contribution < 1.29 is 13.6 Å². The highest BCUT2D eigenvalue weighted by molar-refractivity contribution is 6.74. The van der Waals surface area contributed by atoms with Gasteiger partial charge < -0.3 is 8.84 Å². The van der Waals surface area contributed by atoms with E-state index in [4.69, 9.17) is 8.84 Å². The number of carbonyl (C=O) groups is 1. The lowest BCUT2D eigenvalue weighted by atomic mass is 10.1. The minimum Gasteiger partial charge on any atom is -0.465 e. The Morgan fingerprint density at radius 2 is 2.10 bits per heavy atom. The largest absolute Gasteiger partial charge is 0.465 e. The molecule has 1 heterocycles. The molecule has 0 atom stereocenters. The summed E-state index contributed by atoms with van der Waals surface area (Å²) in [5, 5.41) is 0.232. The maximum absolute atomic E-state index is 10.7. The standard InChI is InChI=1S/C16H26O3Si/c1-16(2,3)20(4,5)19-13-6-8-14(10-11-17)15-9-7-12-18-15/h7,9-12H,6,8,13H2,1-5H3/b14-10-. The summed E-state index contributed by atoms with van der Waals surface area (Å²) < 4.78 is 11.5. The molecule has 0 saturated carbocycles. The predicted octanol–water partition coefficient (Wildman–Crippen LogP) is 4.66. The van der Waals surface area contributed by atoms with Gasteiger partial charge in [-0.05, 0) is 54.8 Å². The van der Waals surface area contributed by atoms with Crippen molar-refractivity contribution in [3.05, 3.63) is 30.2 Å². The van der Waals surface area contributed by atoms with Gasteiger partial charge in [-0.3, -0.25) is 4.79 Å². The Kier molecular flexibility index (Phi) is 5.96. The molecule has 1 aromatic rings. The minimum absolute atomic E-state index is 0.232. The molecule has 0 fully saturated rings. The molecule has 0 saturated heterocycles. The van der Waals surface area contributed by atoms with E-state index in [1.165, 1.54) is 0 Å². The first-order valence-electron chi connectivity index (χ1n) is 7.10. The molecular formula is C16H26O3Si. The summed E-state index contributed by atoms with van der Waals surface area (Å²) in [7, 11) is -1.67. The van der Waals surface area contributed by atoms with Crippen molar-refractivity contribution in [1.82, 2.24) is 0 Å². The maximum Gasteiger partial charge on any atom is 0.191 e. The molecule has 0 aliphatic heterocycles. The fourth-order valence-corrected chi connectivity index (χ4v) is 2.73. The van der Waals surface area contributed by atoms with Gasteiger partial charge in [0.05, 0.1) is 6.26 Å². The van der Waals surface area contributed by atoms with Crippen LogP contribution >= 0.6 is 0 Å². The second-order valence-corrected chi connectivity index (χ2v) is 11.3. The molecule has 0 amide bonds. The van der Waals surface area contributed by atoms with Crippen LogP contribution in [-0.2, 0) is 9.22 Å². The molecule has 1 rings (SSSR count). The SMILES string of the molecule is CC(C)(C)[Si](C)(C)OCCC/C(=C/C=O)c1ccco1. The number of hydrogen-bond donors (Lipinski definition) is 0. The van der Waals surface area contributed by atoms with Crippen molar-refractivity contribution >= 4 is 20.2 Å². The molecule has 0 aliphatic carbocycles. The van der Waals surface area contributed by atoms with Crippen LogP contribution in [0.25, 0.3) is 5.57 Å². The van der Waals surface area contributed by atoms with Crippen LogP contribution in [0.3, 0.4) is 0 Å². The van der Waals surface area contributed by atoms with Crippen LogP contribution in [0.15, 0.2) is 28.9 Å². The first kappa shape index (κ1) is 16.9. The summed E-state index contributed by atoms with van der Waals surface area (Å²) in [4.78, 5) is 10.7. The number of rotatable bonds is 7. The van der Waals surface area contributed by atoms with Gasteiger partial charge >= 0.3 is 0 Å². The van der Waals surface area contributed by atoms with Gasteiger partial charge in [-0.1, -0.05) is 20.8 Å². The van der Waals surface area contributed by atoms with Crippen molar-refractivity contribution in [3.8, 4) is 0 Å². The third kappa shape index (κ3) is 4.76. The Bertz CT molecular complexity index is 439. The zero-order valence-corrected chi connectivity index (χ0v) is 14.2. The number of furan rings is 1. The Balaban J connectivity index is 2.47. The summed E-state index contributed by atoms with van der Waals surface area (Å²) in [6.07, 6.45) is 5.70. The van der Waals surface area contributed by atoms with Crippen LogP contribution in [0.5, 0.6) is 0 Å². The van der Waals surface area contributed by atoms with E-state index < -0.39 is 8.32 Å². The van der Waals surface area contributed by atoms with Crippen LogP contribution in [0.2, 0.25) is 18.1 Å². The Labute approximate surface area is 123 Å². The van der Waals surface area contributed by atoms with Crippen LogP contribution in [0.1, 0.15) is 39.4 Å². The first-order valence-corrected chi connectivity index (χ1v) is 10.0. The van der Waals surface area contributed by atoms with Crippen LogP contribution in [-0.4, -0.2) is 21.2 Å². The second-order valence-electron chi connectivity index (χ2n) is 6.52. The van der Waals surface area contributed by atoms with Crippen molar-refractivity contribution in [2.45, 2.75) is 51.7 Å². The summed E-state index contributed by atoms with van der Waals surface area (Å²) in [6.45, 7) is 11.9. The fourth-order valence-electron chi connectivity index (χ4n) is 1.64. The topological polar surface area (TPSA) is 39.4 Å². The van der Waals surface area contributed by atoms with Gasteiger partial charge in [0.1, 0.15) is 12.0 Å². The summed E-state index contributed by atoms with van der Waals surface area (Å²) in [6, 6.07) is 3.71. The van der Waals surface area contributed by atoms with Crippen LogP contribution in [0.4, 0.5) is 0 Å². The smallest absolute Gasteiger partial charge is 0.191 e. The average Bonchev–Trinajstić information content (AvgIpc) is 2.85. The van der Waals surface area contributed by atoms with E-state index in [0.29, 0.717) is 0 Å². The van der Waals surface area contributed by atoms with Gasteiger partial charge in [0, 0.05) is 6.61 Å². The second kappa shape index (κ2) is 7.04. The fraction of sp³-hybridized carbons (Fsp3) is 0.562. The quantitative estimate of drug-likeness (QED) is 0.318. The molecule has 0 bridgehead atoms. The summed E-state index contributed by atoms with van der Waals surface area (Å²) in [5.74, 6) is 0.768. The van der Waals surface area contributed by atoms with E-state index in [1.54, 1.807) is 12.3 Å². The molecule has 0 N–H and O–H groups in total. The van der Waals surface area contributed by atoms with E-state index in [0.717, 1.165) is 37.1 Å². The highest BCUT2D eigenvalue weighted by Crippen LogP contribution is 2.36. The lowest BCUT2D eigenvalue weighted by molar-refractivity contribution is -0.104. The maximum atomic E-state index is 10.7. The minimum atomic E-state index is -1.67. The van der Waals surface area contributed by atoms with Crippen molar-refractivity contribution in [1.29, 1.82) is 0 Å². The van der Waals surface area contributed by atoms with Gasteiger partial charge in [0.2, 0.25) is 0 Å². The molecule has 0 aliphatic rings. The number of carbonyl (C=O) groups excluding carboxylic acids is 1. The van der Waals surface area contributed by atoms with Gasteiger partial charge in [-0.2, -0.15) is 0 Å². The number of aldehydes is 1. The number of hydrogen-bond acceptors (Lipinski definition) is 3. The first-order chi connectivity index (χ1) is 9.28. The van der Waals surface area contributed by atoms with Crippen LogP contribution < -0.4 is 0 Å². The molecule has 0 unspecified atom stereocenters. The molecule has 0 radical (unpaired) electrons. The molecular weight excluding hydrogens is 268 g/mol. The monoisotopic (exact) mass is 294 g/mol. The summed E-state index contributed by atoms with van der Waals surface area (Å²) in [5.41, 5.74) is 0.934. The molecule has 4 heteroatoms. The molecule has 112 valence electrons. The molecule has 1 aromatic heterocycles. The Hall–Kier alpha value is -1.13. The molecule has 20 heavy (non-hydrogen) atoms. The predicted molar refractivity (Wildman–Crippen MR) is 85.1 cm³/mol. The van der Waals surface area contributed by atoms with Gasteiger partial charge in [-0.15, -0.1) is 0 Å². The van der Waals surface area contributed by atoms with Crippen LogP contribution in [0, 0.1) is 0 Å². The third-order valence-corrected chi connectivity index (χ3v) is 8.50. The van der Waals surface area contributed by atoms with E-state index >= 15 is 0 Å². The van der Waals surface area contributed by atoms with E-state index in [-0.39, 0.29) is 5.04 Å². The highest BCUT2D eigenvalue weighted by Gasteiger charge is 2.36. The van der Waals surface area contributed by atoms with Crippen molar-refractivity contribution in [2.75, 3.05) is 6.61 Å². The lowest BCUT2D eigenvalue weighted by Gasteiger charge is -2.36.